The van der Waals surface area contributed by atoms with Crippen molar-refractivity contribution in [1.82, 2.24) is 15.5 Å². The first-order valence-electron chi connectivity index (χ1n) is 10.5. The van der Waals surface area contributed by atoms with Crippen LogP contribution in [-0.2, 0) is 0 Å². The van der Waals surface area contributed by atoms with Crippen LogP contribution in [0.4, 0.5) is 5.69 Å². The highest BCUT2D eigenvalue weighted by molar-refractivity contribution is 5.92. The van der Waals surface area contributed by atoms with Crippen molar-refractivity contribution < 1.29 is 14.3 Å². The van der Waals surface area contributed by atoms with Gasteiger partial charge in [0.2, 0.25) is 0 Å². The van der Waals surface area contributed by atoms with Crippen LogP contribution in [0.3, 0.4) is 0 Å². The number of hydrogen-bond donors (Lipinski definition) is 3. The number of carbonyl (C=O) groups is 1. The number of hydrogen-bond acceptors (Lipinski definition) is 5. The van der Waals surface area contributed by atoms with E-state index in [9.17, 15) is 9.90 Å². The maximum atomic E-state index is 12.1. The normalized spacial score (nSPS) is 14.7. The molecule has 8 nitrogen and oxygen atoms in total. The van der Waals surface area contributed by atoms with E-state index in [0.29, 0.717) is 24.6 Å². The van der Waals surface area contributed by atoms with Crippen LogP contribution in [0, 0.1) is 6.92 Å². The van der Waals surface area contributed by atoms with Gasteiger partial charge in [0.15, 0.2) is 11.7 Å². The zero-order chi connectivity index (χ0) is 21.3. The lowest BCUT2D eigenvalue weighted by Crippen LogP contribution is -2.52. The van der Waals surface area contributed by atoms with Crippen molar-refractivity contribution >= 4 is 17.6 Å². The number of guanidine groups is 1. The predicted octanol–water partition coefficient (Wildman–Crippen LogP) is 2.20. The minimum atomic E-state index is -0.186. The summed E-state index contributed by atoms with van der Waals surface area (Å²) in [6, 6.07) is 9.23. The molecule has 1 aromatic carbocycles. The van der Waals surface area contributed by atoms with Crippen molar-refractivity contribution in [3.8, 4) is 5.75 Å². The summed E-state index contributed by atoms with van der Waals surface area (Å²) in [6.07, 6.45) is 2.27. The molecule has 1 aromatic heterocycles. The van der Waals surface area contributed by atoms with Crippen LogP contribution in [0.15, 0.2) is 46.0 Å². The number of rotatable bonds is 7. The Morgan fingerprint density at radius 2 is 1.93 bits per heavy atom. The van der Waals surface area contributed by atoms with Gasteiger partial charge in [0, 0.05) is 51.4 Å². The molecule has 1 amide bonds. The van der Waals surface area contributed by atoms with Gasteiger partial charge in [-0.1, -0.05) is 12.1 Å². The van der Waals surface area contributed by atoms with Gasteiger partial charge in [0.1, 0.15) is 5.75 Å². The summed E-state index contributed by atoms with van der Waals surface area (Å²) in [6.45, 7) is 9.17. The number of anilines is 1. The molecule has 1 aliphatic heterocycles. The van der Waals surface area contributed by atoms with Crippen molar-refractivity contribution in [2.24, 2.45) is 4.99 Å². The maximum absolute atomic E-state index is 12.1. The summed E-state index contributed by atoms with van der Waals surface area (Å²) >= 11 is 0. The van der Waals surface area contributed by atoms with E-state index in [2.05, 4.69) is 27.4 Å². The quantitative estimate of drug-likeness (QED) is 0.366. The largest absolute Gasteiger partial charge is 0.506 e. The molecule has 162 valence electrons. The van der Waals surface area contributed by atoms with Gasteiger partial charge in [0.05, 0.1) is 12.0 Å². The monoisotopic (exact) mass is 413 g/mol. The highest BCUT2D eigenvalue weighted by Gasteiger charge is 2.21. The third-order valence-electron chi connectivity index (χ3n) is 5.09. The van der Waals surface area contributed by atoms with Gasteiger partial charge in [-0.3, -0.25) is 9.79 Å². The van der Waals surface area contributed by atoms with E-state index in [4.69, 9.17) is 9.41 Å². The molecule has 0 unspecified atom stereocenters. The number of nitrogens with zero attached hydrogens (tertiary/aromatic N) is 3. The first-order valence-corrected chi connectivity index (χ1v) is 10.5. The number of benzene rings is 1. The minimum absolute atomic E-state index is 0.186. The average molecular weight is 414 g/mol. The number of amides is 1. The molecule has 0 aliphatic carbocycles. The molecular weight excluding hydrogens is 382 g/mol. The third kappa shape index (κ3) is 5.46. The molecule has 1 aliphatic rings. The molecule has 0 radical (unpaired) electrons. The lowest BCUT2D eigenvalue weighted by atomic mass is 10.2. The first kappa shape index (κ1) is 21.5. The highest BCUT2D eigenvalue weighted by atomic mass is 16.3. The molecule has 0 spiro atoms. The Hall–Kier alpha value is -3.16. The molecule has 30 heavy (non-hydrogen) atoms. The van der Waals surface area contributed by atoms with E-state index in [1.165, 1.54) is 6.26 Å². The van der Waals surface area contributed by atoms with Gasteiger partial charge in [-0.25, -0.2) is 0 Å². The Morgan fingerprint density at radius 1 is 1.17 bits per heavy atom. The van der Waals surface area contributed by atoms with Crippen LogP contribution in [0.1, 0.15) is 29.5 Å². The van der Waals surface area contributed by atoms with Gasteiger partial charge in [-0.05, 0) is 38.5 Å². The van der Waals surface area contributed by atoms with Gasteiger partial charge in [-0.2, -0.15) is 0 Å². The first-order chi connectivity index (χ1) is 14.6. The topological polar surface area (TPSA) is 93.3 Å². The summed E-state index contributed by atoms with van der Waals surface area (Å²) in [5, 5.41) is 16.3. The Kier molecular flexibility index (Phi) is 7.59. The van der Waals surface area contributed by atoms with Crippen molar-refractivity contribution in [2.75, 3.05) is 50.7 Å². The molecule has 1 fully saturated rings. The summed E-state index contributed by atoms with van der Waals surface area (Å²) in [7, 11) is 0. The number of aromatic hydroxyl groups is 1. The summed E-state index contributed by atoms with van der Waals surface area (Å²) in [5.41, 5.74) is 1.71. The van der Waals surface area contributed by atoms with Crippen LogP contribution in [-0.4, -0.2) is 67.7 Å². The van der Waals surface area contributed by atoms with Crippen molar-refractivity contribution in [3.05, 3.63) is 47.9 Å². The number of phenols is 1. The van der Waals surface area contributed by atoms with E-state index < -0.39 is 0 Å². The lowest BCUT2D eigenvalue weighted by Gasteiger charge is -2.37. The SMILES string of the molecule is CCNC(=NCCCNC(=O)c1occc1C)N1CCN(c2ccccc2O)CC1. The maximum Gasteiger partial charge on any atom is 0.287 e. The summed E-state index contributed by atoms with van der Waals surface area (Å²) in [4.78, 5) is 21.2. The molecular formula is C22H31N5O3. The Labute approximate surface area is 177 Å². The predicted molar refractivity (Wildman–Crippen MR) is 118 cm³/mol. The highest BCUT2D eigenvalue weighted by Crippen LogP contribution is 2.27. The number of aliphatic imine (C=N–C) groups is 1. The van der Waals surface area contributed by atoms with Gasteiger partial charge >= 0.3 is 0 Å². The van der Waals surface area contributed by atoms with Crippen LogP contribution in [0.5, 0.6) is 5.75 Å². The average Bonchev–Trinajstić information content (AvgIpc) is 3.19. The molecule has 3 N–H and O–H groups in total. The van der Waals surface area contributed by atoms with Gasteiger partial charge < -0.3 is 30.0 Å². The number of para-hydroxylation sites is 2. The zero-order valence-corrected chi connectivity index (χ0v) is 17.7. The molecule has 0 atom stereocenters. The van der Waals surface area contributed by atoms with Gasteiger partial charge in [-0.15, -0.1) is 0 Å². The Morgan fingerprint density at radius 3 is 2.60 bits per heavy atom. The summed E-state index contributed by atoms with van der Waals surface area (Å²) < 4.78 is 5.20. The van der Waals surface area contributed by atoms with Gasteiger partial charge in [0.25, 0.3) is 5.91 Å². The number of aryl methyl sites for hydroxylation is 1. The minimum Gasteiger partial charge on any atom is -0.506 e. The van der Waals surface area contributed by atoms with Crippen molar-refractivity contribution in [2.45, 2.75) is 20.3 Å². The Bertz CT molecular complexity index is 856. The zero-order valence-electron chi connectivity index (χ0n) is 17.7. The molecule has 8 heteroatoms. The second-order valence-corrected chi connectivity index (χ2v) is 7.24. The molecule has 3 rings (SSSR count). The number of phenolic OH excluding ortho intramolecular Hbond substituents is 1. The van der Waals surface area contributed by atoms with E-state index >= 15 is 0 Å². The molecule has 0 bridgehead atoms. The van der Waals surface area contributed by atoms with Crippen LogP contribution < -0.4 is 15.5 Å². The second kappa shape index (κ2) is 10.6. The number of nitrogens with one attached hydrogen (secondary N) is 2. The van der Waals surface area contributed by atoms with Crippen LogP contribution in [0.25, 0.3) is 0 Å². The lowest BCUT2D eigenvalue weighted by molar-refractivity contribution is 0.0925. The Balaban J connectivity index is 1.46. The fourth-order valence-corrected chi connectivity index (χ4v) is 3.47. The van der Waals surface area contributed by atoms with E-state index in [0.717, 1.165) is 56.4 Å². The molecule has 2 aromatic rings. The molecule has 1 saturated heterocycles. The standard InChI is InChI=1S/C22H31N5O3/c1-3-23-22(25-11-6-10-24-21(29)20-17(2)9-16-30-20)27-14-12-26(13-15-27)18-7-4-5-8-19(18)28/h4-5,7-9,16,28H,3,6,10-15H2,1-2H3,(H,23,25)(H,24,29). The van der Waals surface area contributed by atoms with Crippen LogP contribution in [0.2, 0.25) is 0 Å². The van der Waals surface area contributed by atoms with E-state index in [1.807, 2.05) is 25.1 Å². The van der Waals surface area contributed by atoms with Crippen molar-refractivity contribution in [3.63, 3.8) is 0 Å². The second-order valence-electron chi connectivity index (χ2n) is 7.24. The smallest absolute Gasteiger partial charge is 0.287 e. The molecule has 2 heterocycles. The number of furan rings is 1. The van der Waals surface area contributed by atoms with Crippen molar-refractivity contribution in [1.29, 1.82) is 0 Å². The number of carbonyl (C=O) groups excluding carboxylic acids is 1. The fourth-order valence-electron chi connectivity index (χ4n) is 3.47. The fraction of sp³-hybridized carbons (Fsp3) is 0.455. The van der Waals surface area contributed by atoms with E-state index in [1.54, 1.807) is 12.1 Å². The number of piperazine rings is 1. The molecule has 0 saturated carbocycles. The van der Waals surface area contributed by atoms with E-state index in [-0.39, 0.29) is 5.91 Å². The summed E-state index contributed by atoms with van der Waals surface area (Å²) in [5.74, 6) is 1.39. The van der Waals surface area contributed by atoms with Crippen LogP contribution >= 0.6 is 0 Å². The third-order valence-corrected chi connectivity index (χ3v) is 5.09.